The van der Waals surface area contributed by atoms with Crippen molar-refractivity contribution in [2.45, 2.75) is 230 Å². The first-order chi connectivity index (χ1) is 62.4. The van der Waals surface area contributed by atoms with E-state index in [4.69, 9.17) is 32.1 Å². The van der Waals surface area contributed by atoms with Crippen molar-refractivity contribution < 1.29 is 136 Å². The van der Waals surface area contributed by atoms with Crippen LogP contribution >= 0.6 is 0 Å². The number of hydrogen-bond acceptors (Lipinski definition) is 27. The third-order valence-corrected chi connectivity index (χ3v) is 21.1. The van der Waals surface area contributed by atoms with Crippen molar-refractivity contribution in [3.63, 3.8) is 0 Å². The van der Waals surface area contributed by atoms with Gasteiger partial charge in [-0.1, -0.05) is 40.2 Å². The number of carboxylic acid groups (broad SMARTS) is 3. The van der Waals surface area contributed by atoms with Gasteiger partial charge in [0.1, 0.15) is 108 Å². The van der Waals surface area contributed by atoms with E-state index in [-0.39, 0.29) is 90.0 Å². The second-order valence-corrected chi connectivity index (χ2v) is 32.0. The molecule has 2 aliphatic heterocycles. The summed E-state index contributed by atoms with van der Waals surface area (Å²) in [5, 5.41) is 94.4. The Morgan fingerprint density at radius 2 is 0.887 bits per heavy atom. The molecule has 1 aromatic heterocycles. The van der Waals surface area contributed by atoms with Crippen LogP contribution in [-0.4, -0.2) is 263 Å². The van der Waals surface area contributed by atoms with E-state index in [1.807, 2.05) is 0 Å². The van der Waals surface area contributed by atoms with E-state index < -0.39 is 271 Å². The Bertz CT molecular complexity index is 5030. The van der Waals surface area contributed by atoms with Gasteiger partial charge in [0.2, 0.25) is 94.5 Å². The summed E-state index contributed by atoms with van der Waals surface area (Å²) in [5.41, 5.74) is 15.3. The summed E-state index contributed by atoms with van der Waals surface area (Å²) >= 11 is 0. The fourth-order valence-corrected chi connectivity index (χ4v) is 13.5. The number of aromatic hydroxyl groups is 2. The molecule has 0 bridgehead atoms. The monoisotopic (exact) mass is 1860 g/mol. The summed E-state index contributed by atoms with van der Waals surface area (Å²) in [4.78, 5) is 287. The first-order valence-corrected chi connectivity index (χ1v) is 42.0. The Kier molecular flexibility index (Phi) is 38.9. The number of aromatic amines is 1. The summed E-state index contributed by atoms with van der Waals surface area (Å²) in [7, 11) is 0. The first-order valence-electron chi connectivity index (χ1n) is 42.0. The van der Waals surface area contributed by atoms with Crippen LogP contribution in [0.3, 0.4) is 0 Å². The minimum absolute atomic E-state index is 0.0748. The molecule has 17 amide bonds. The molecule has 15 atom stereocenters. The number of esters is 1. The maximum Gasteiger partial charge on any atom is 0.340 e. The average Bonchev–Trinajstić information content (AvgIpc) is 1.57. The van der Waals surface area contributed by atoms with Gasteiger partial charge in [-0.25, -0.2) is 14.6 Å². The van der Waals surface area contributed by atoms with Crippen molar-refractivity contribution in [3.05, 3.63) is 101 Å². The molecule has 722 valence electrons. The van der Waals surface area contributed by atoms with Gasteiger partial charge < -0.3 is 142 Å². The molecule has 0 aliphatic carbocycles. The number of carbonyl (C=O) groups excluding carboxylic acids is 18. The summed E-state index contributed by atoms with van der Waals surface area (Å²) in [5.74, 6) is -25.2. The molecular weight excluding hydrogens is 1750 g/mol. The molecule has 133 heavy (non-hydrogen) atoms. The maximum atomic E-state index is 14.3. The van der Waals surface area contributed by atoms with Crippen molar-refractivity contribution >= 4 is 130 Å². The van der Waals surface area contributed by atoms with Crippen LogP contribution in [0.2, 0.25) is 0 Å². The first kappa shape index (κ1) is 106. The van der Waals surface area contributed by atoms with E-state index in [2.05, 4.69) is 95.0 Å². The SMILES string of the molecule is CC[C@H](C)[C@H](NC(=O)[C@H](CCC(=O)O)NC(=O)[C@H](C)NC(=O)[C@H](Cc1c[nH]cn1)NC(=O)[C@H](C)NC(=O)[C@H](C)NC(=O)[C@H](C)NC(=O)[C@@H](NC(=O)[C@H](C)NC(=O)[C@H](CCC(N)=O)NC(=O)c1ccc2c(c1)C(=O)OC21c2ccc(O)cc2Oc2cc(O)ccc21)C(C)C)C(=O)N[C@@H](CC(N)=O)C(=O)N[C@@H](CCC(=O)O)C(=O)N[C@@H](C)C(=O)NCC(=O)N[C@@H](CCCNC(=N)N)C(=O)O. The van der Waals surface area contributed by atoms with E-state index in [1.54, 1.807) is 20.8 Å². The van der Waals surface area contributed by atoms with E-state index in [1.165, 1.54) is 102 Å². The van der Waals surface area contributed by atoms with Gasteiger partial charge in [-0.05, 0) is 122 Å². The number of nitrogens with two attached hydrogens (primary N) is 3. The highest BCUT2D eigenvalue weighted by Crippen LogP contribution is 2.57. The number of fused-ring (bicyclic) bond motifs is 6. The predicted molar refractivity (Wildman–Crippen MR) is 461 cm³/mol. The molecule has 6 rings (SSSR count). The van der Waals surface area contributed by atoms with Gasteiger partial charge in [-0.15, -0.1) is 0 Å². The number of primary amides is 2. The minimum Gasteiger partial charge on any atom is -0.508 e. The molecule has 0 unspecified atom stereocenters. The van der Waals surface area contributed by atoms with E-state index in [0.29, 0.717) is 11.1 Å². The van der Waals surface area contributed by atoms with Crippen molar-refractivity contribution in [2.24, 2.45) is 29.0 Å². The number of phenolic OH excluding ortho intramolecular Hbond substituents is 2. The molecule has 1 spiro atoms. The van der Waals surface area contributed by atoms with Gasteiger partial charge in [0, 0.05) is 72.8 Å². The molecule has 4 aromatic rings. The molecule has 29 N–H and O–H groups in total. The van der Waals surface area contributed by atoms with Gasteiger partial charge in [0.15, 0.2) is 11.6 Å². The number of benzene rings is 3. The van der Waals surface area contributed by atoms with Crippen LogP contribution in [0.5, 0.6) is 23.0 Å². The largest absolute Gasteiger partial charge is 0.508 e. The zero-order valence-corrected chi connectivity index (χ0v) is 74.1. The number of ether oxygens (including phenoxy) is 2. The second kappa shape index (κ2) is 48.7. The predicted octanol–water partition coefficient (Wildman–Crippen LogP) is -5.81. The molecular formula is C83H112N22O28. The number of aliphatic carboxylic acids is 3. The molecule has 0 radical (unpaired) electrons. The number of hydrogen-bond donors (Lipinski definition) is 26. The number of aromatic nitrogens is 2. The number of phenols is 2. The lowest BCUT2D eigenvalue weighted by molar-refractivity contribution is -0.142. The smallest absolute Gasteiger partial charge is 0.340 e. The van der Waals surface area contributed by atoms with Gasteiger partial charge in [-0.2, -0.15) is 0 Å². The standard InChI is InChI=1S/C83H112N22O28/c1-11-36(4)65(79(128)103-56(31-60(85)109)77(126)101-52(21-24-62(111)112)74(123)94-37(5)66(115)90-33-61(110)98-54(80(129)130)13-12-26-89-82(86)87)105-75(124)53(22-25-63(113)114)99-69(118)41(9)96-76(125)55(28-44-32-88-34-91-44)102-70(119)40(8)93-67(116)38(6)92-68(117)39(7)97-78(127)64(35(2)3)104-71(120)42(10)95-73(122)51(20-23-59(84)108)100-72(121)43-14-17-48-47(27-43)81(131)133-83(48)49-18-15-45(106)29-57(49)132-58-30-46(107)16-19-50(58)83/h14-19,27,29-30,32,34-42,51-56,64-65,106-107H,11-13,20-26,28,31,33H2,1-10H3,(H2,84,108)(H2,85,109)(H,88,91)(H,90,115)(H,92,117)(H,93,116)(H,94,123)(H,95,122)(H,96,125)(H,97,127)(H,98,110)(H,99,118)(H,100,121)(H,101,126)(H,102,119)(H,103,128)(H,104,120)(H,105,124)(H,111,112)(H,113,114)(H,129,130)(H4,86,87,89)/t36-,37-,38-,39-,40-,41-,42-,51-,52-,53-,54-,55-,56-,64-,65-/m0/s1. The number of amides is 17. The van der Waals surface area contributed by atoms with Crippen molar-refractivity contribution in [2.75, 3.05) is 13.1 Å². The van der Waals surface area contributed by atoms with E-state index >= 15 is 0 Å². The fraction of sp³-hybridized carbons (Fsp3) is 0.482. The highest BCUT2D eigenvalue weighted by atomic mass is 16.6. The highest BCUT2D eigenvalue weighted by molar-refractivity contribution is 6.05. The highest BCUT2D eigenvalue weighted by Gasteiger charge is 2.54. The molecule has 0 saturated carbocycles. The van der Waals surface area contributed by atoms with Crippen LogP contribution in [0, 0.1) is 17.2 Å². The number of guanidine groups is 1. The van der Waals surface area contributed by atoms with Gasteiger partial charge in [-0.3, -0.25) is 96.5 Å². The Balaban J connectivity index is 1.03. The van der Waals surface area contributed by atoms with Gasteiger partial charge in [0.05, 0.1) is 30.6 Å². The number of H-pyrrole nitrogens is 1. The van der Waals surface area contributed by atoms with Crippen LogP contribution in [-0.2, 0) is 108 Å². The van der Waals surface area contributed by atoms with Crippen molar-refractivity contribution in [3.8, 4) is 23.0 Å². The molecule has 3 aromatic carbocycles. The molecule has 3 heterocycles. The fourth-order valence-electron chi connectivity index (χ4n) is 13.5. The topological polar surface area (TPSA) is 801 Å². The Morgan fingerprint density at radius 3 is 1.37 bits per heavy atom. The van der Waals surface area contributed by atoms with Crippen molar-refractivity contribution in [1.29, 1.82) is 5.41 Å². The minimum atomic E-state index is -1.98. The lowest BCUT2D eigenvalue weighted by Crippen LogP contribution is -2.61. The summed E-state index contributed by atoms with van der Waals surface area (Å²) in [6.45, 7) is 12.6. The zero-order valence-electron chi connectivity index (χ0n) is 74.1. The van der Waals surface area contributed by atoms with Crippen LogP contribution in [0.4, 0.5) is 0 Å². The summed E-state index contributed by atoms with van der Waals surface area (Å²) < 4.78 is 12.1. The van der Waals surface area contributed by atoms with Crippen LogP contribution in [0.15, 0.2) is 67.1 Å². The lowest BCUT2D eigenvalue weighted by Gasteiger charge is -2.36. The molecule has 50 heteroatoms. The average molecular weight is 1870 g/mol. The lowest BCUT2D eigenvalue weighted by atomic mass is 9.77. The van der Waals surface area contributed by atoms with Gasteiger partial charge >= 0.3 is 23.9 Å². The molecule has 0 fully saturated rings. The molecule has 2 aliphatic rings. The Hall–Kier alpha value is -15.6. The third kappa shape index (κ3) is 30.8. The van der Waals surface area contributed by atoms with Crippen LogP contribution in [0.1, 0.15) is 177 Å². The summed E-state index contributed by atoms with van der Waals surface area (Å²) in [6, 6.07) is -9.95. The van der Waals surface area contributed by atoms with Crippen LogP contribution < -0.4 is 107 Å². The van der Waals surface area contributed by atoms with Gasteiger partial charge in [0.25, 0.3) is 5.91 Å². The zero-order chi connectivity index (χ0) is 99.3. The van der Waals surface area contributed by atoms with E-state index in [0.717, 1.165) is 13.8 Å². The quantitative estimate of drug-likeness (QED) is 0.00847. The Labute approximate surface area is 759 Å². The normalized spacial score (nSPS) is 15.3. The number of carbonyl (C=O) groups is 21. The number of rotatable bonds is 51. The third-order valence-electron chi connectivity index (χ3n) is 21.1. The molecule has 0 saturated heterocycles. The van der Waals surface area contributed by atoms with Crippen LogP contribution in [0.25, 0.3) is 0 Å². The number of imidazole rings is 1. The second-order valence-electron chi connectivity index (χ2n) is 32.0. The summed E-state index contributed by atoms with van der Waals surface area (Å²) in [6.07, 6.45) is -2.33. The Morgan fingerprint density at radius 1 is 0.459 bits per heavy atom. The molecule has 50 nitrogen and oxygen atoms in total. The number of carboxylic acids is 3. The number of nitrogens with one attached hydrogen (secondary N) is 18. The van der Waals surface area contributed by atoms with E-state index in [9.17, 15) is 126 Å². The van der Waals surface area contributed by atoms with Crippen molar-refractivity contribution in [1.82, 2.24) is 95.0 Å². The maximum absolute atomic E-state index is 14.3. The number of nitrogens with zero attached hydrogens (tertiary/aromatic N) is 1.